The van der Waals surface area contributed by atoms with Crippen molar-refractivity contribution in [3.05, 3.63) is 28.3 Å². The van der Waals surface area contributed by atoms with Gasteiger partial charge in [-0.15, -0.1) is 0 Å². The van der Waals surface area contributed by atoms with Gasteiger partial charge in [-0.05, 0) is 38.1 Å². The van der Waals surface area contributed by atoms with E-state index in [0.29, 0.717) is 18.5 Å². The van der Waals surface area contributed by atoms with Crippen LogP contribution in [0.25, 0.3) is 0 Å². The summed E-state index contributed by atoms with van der Waals surface area (Å²) in [7, 11) is 1.84. The molecule has 1 saturated heterocycles. The third kappa shape index (κ3) is 2.87. The minimum atomic E-state index is -4.53. The summed E-state index contributed by atoms with van der Waals surface area (Å²) >= 11 is 5.96. The molecule has 3 N–H and O–H groups in total. The van der Waals surface area contributed by atoms with E-state index >= 15 is 0 Å². The lowest BCUT2D eigenvalue weighted by Gasteiger charge is -2.22. The van der Waals surface area contributed by atoms with Gasteiger partial charge < -0.3 is 10.8 Å². The number of phenolic OH excluding ortho intramolecular Hbond substituents is 1. The van der Waals surface area contributed by atoms with E-state index in [1.165, 1.54) is 0 Å². The Kier molecular flexibility index (Phi) is 4.18. The lowest BCUT2D eigenvalue weighted by molar-refractivity contribution is -0.137. The van der Waals surface area contributed by atoms with Crippen molar-refractivity contribution in [2.45, 2.75) is 18.6 Å². The Bertz CT molecular complexity index is 484. The molecule has 2 rings (SSSR count). The summed E-state index contributed by atoms with van der Waals surface area (Å²) in [6, 6.07) is 1.38. The van der Waals surface area contributed by atoms with Crippen LogP contribution in [0.15, 0.2) is 12.1 Å². The fourth-order valence-corrected chi connectivity index (χ4v) is 3.05. The normalized spacial score (nSPS) is 24.3. The van der Waals surface area contributed by atoms with Gasteiger partial charge in [0.25, 0.3) is 0 Å². The second kappa shape index (κ2) is 5.42. The minimum Gasteiger partial charge on any atom is -0.508 e. The summed E-state index contributed by atoms with van der Waals surface area (Å²) < 4.78 is 38.0. The number of hydrogen-bond acceptors (Lipinski definition) is 3. The highest BCUT2D eigenvalue weighted by Gasteiger charge is 2.36. The predicted molar refractivity (Wildman–Crippen MR) is 70.7 cm³/mol. The molecule has 1 fully saturated rings. The maximum Gasteiger partial charge on any atom is 0.416 e. The highest BCUT2D eigenvalue weighted by Crippen LogP contribution is 2.44. The number of phenols is 1. The van der Waals surface area contributed by atoms with E-state index in [4.69, 9.17) is 17.3 Å². The third-order valence-corrected chi connectivity index (χ3v) is 4.05. The van der Waals surface area contributed by atoms with E-state index in [0.717, 1.165) is 18.7 Å². The molecule has 0 bridgehead atoms. The molecule has 1 aliphatic rings. The molecule has 20 heavy (non-hydrogen) atoms. The number of rotatable bonds is 2. The van der Waals surface area contributed by atoms with Crippen LogP contribution < -0.4 is 5.73 Å². The Hall–Kier alpha value is -0.980. The molecular weight excluding hydrogens is 293 g/mol. The van der Waals surface area contributed by atoms with E-state index in [2.05, 4.69) is 0 Å². The van der Waals surface area contributed by atoms with Crippen LogP contribution in [0.1, 0.15) is 23.6 Å². The molecule has 1 aromatic rings. The van der Waals surface area contributed by atoms with Crippen molar-refractivity contribution >= 4 is 11.6 Å². The zero-order valence-corrected chi connectivity index (χ0v) is 11.7. The second-order valence-electron chi connectivity index (χ2n) is 5.18. The lowest BCUT2D eigenvalue weighted by Crippen LogP contribution is -2.21. The number of alkyl halides is 3. The van der Waals surface area contributed by atoms with Gasteiger partial charge in [-0.2, -0.15) is 13.2 Å². The molecule has 3 nitrogen and oxygen atoms in total. The Balaban J connectivity index is 2.39. The molecule has 0 saturated carbocycles. The van der Waals surface area contributed by atoms with Gasteiger partial charge >= 0.3 is 6.18 Å². The smallest absolute Gasteiger partial charge is 0.416 e. The summed E-state index contributed by atoms with van der Waals surface area (Å²) in [5.41, 5.74) is 5.02. The number of aromatic hydroxyl groups is 1. The number of nitrogens with zero attached hydrogens (tertiary/aromatic N) is 1. The quantitative estimate of drug-likeness (QED) is 0.883. The average Bonchev–Trinajstić information content (AvgIpc) is 2.69. The Morgan fingerprint density at radius 2 is 2.10 bits per heavy atom. The topological polar surface area (TPSA) is 49.5 Å². The summed E-state index contributed by atoms with van der Waals surface area (Å²) in [5.74, 6) is -0.165. The number of nitrogens with two attached hydrogens (primary N) is 1. The first-order chi connectivity index (χ1) is 9.24. The summed E-state index contributed by atoms with van der Waals surface area (Å²) in [6.45, 7) is 1.23. The largest absolute Gasteiger partial charge is 0.508 e. The van der Waals surface area contributed by atoms with E-state index in [1.807, 2.05) is 11.9 Å². The summed E-state index contributed by atoms with van der Waals surface area (Å²) in [4.78, 5) is 1.95. The van der Waals surface area contributed by atoms with E-state index in [9.17, 15) is 18.3 Å². The Morgan fingerprint density at radius 1 is 1.45 bits per heavy atom. The Morgan fingerprint density at radius 3 is 2.55 bits per heavy atom. The summed E-state index contributed by atoms with van der Waals surface area (Å²) in [6.07, 6.45) is -3.85. The van der Waals surface area contributed by atoms with Gasteiger partial charge in [-0.1, -0.05) is 11.6 Å². The fraction of sp³-hybridized carbons (Fsp3) is 0.538. The van der Waals surface area contributed by atoms with E-state index in [1.54, 1.807) is 0 Å². The van der Waals surface area contributed by atoms with Gasteiger partial charge in [0.1, 0.15) is 5.75 Å². The SMILES string of the molecule is CN1CC(CN)CC1c1c(O)cc(C(F)(F)F)cc1Cl. The van der Waals surface area contributed by atoms with Crippen molar-refractivity contribution in [1.82, 2.24) is 4.90 Å². The molecule has 0 radical (unpaired) electrons. The van der Waals surface area contributed by atoms with Crippen molar-refractivity contribution in [2.24, 2.45) is 11.7 Å². The van der Waals surface area contributed by atoms with Crippen LogP contribution in [-0.4, -0.2) is 30.1 Å². The first-order valence-electron chi connectivity index (χ1n) is 6.24. The Labute approximate surface area is 120 Å². The lowest BCUT2D eigenvalue weighted by atomic mass is 9.97. The fourth-order valence-electron chi connectivity index (χ4n) is 2.71. The van der Waals surface area contributed by atoms with Crippen LogP contribution in [-0.2, 0) is 6.18 Å². The van der Waals surface area contributed by atoms with Gasteiger partial charge in [-0.25, -0.2) is 0 Å². The zero-order chi connectivity index (χ0) is 15.1. The van der Waals surface area contributed by atoms with Crippen LogP contribution in [0.3, 0.4) is 0 Å². The predicted octanol–water partition coefficient (Wildman–Crippen LogP) is 3.02. The monoisotopic (exact) mass is 308 g/mol. The number of hydrogen-bond donors (Lipinski definition) is 2. The van der Waals surface area contributed by atoms with Crippen LogP contribution in [0, 0.1) is 5.92 Å². The first kappa shape index (κ1) is 15.4. The minimum absolute atomic E-state index is 0.0631. The molecule has 0 amide bonds. The molecule has 1 aliphatic heterocycles. The zero-order valence-electron chi connectivity index (χ0n) is 10.9. The third-order valence-electron chi connectivity index (χ3n) is 3.74. The standard InChI is InChI=1S/C13H16ClF3N2O/c1-19-6-7(5-18)2-10(19)12-9(14)3-8(4-11(12)20)13(15,16)17/h3-4,7,10,20H,2,5-6,18H2,1H3. The van der Waals surface area contributed by atoms with Crippen molar-refractivity contribution in [2.75, 3.05) is 20.1 Å². The molecule has 1 aromatic carbocycles. The van der Waals surface area contributed by atoms with Gasteiger partial charge in [-0.3, -0.25) is 4.90 Å². The van der Waals surface area contributed by atoms with E-state index < -0.39 is 17.5 Å². The van der Waals surface area contributed by atoms with Crippen LogP contribution >= 0.6 is 11.6 Å². The van der Waals surface area contributed by atoms with Crippen molar-refractivity contribution in [3.8, 4) is 5.75 Å². The van der Waals surface area contributed by atoms with Crippen molar-refractivity contribution in [3.63, 3.8) is 0 Å². The molecular formula is C13H16ClF3N2O. The second-order valence-corrected chi connectivity index (χ2v) is 5.59. The van der Waals surface area contributed by atoms with Crippen LogP contribution in [0.2, 0.25) is 5.02 Å². The maximum atomic E-state index is 12.7. The highest BCUT2D eigenvalue weighted by atomic mass is 35.5. The summed E-state index contributed by atoms with van der Waals surface area (Å²) in [5, 5.41) is 9.87. The molecule has 2 unspecified atom stereocenters. The molecule has 2 atom stereocenters. The molecule has 1 heterocycles. The van der Waals surface area contributed by atoms with Crippen molar-refractivity contribution in [1.29, 1.82) is 0 Å². The maximum absolute atomic E-state index is 12.7. The number of likely N-dealkylation sites (tertiary alicyclic amines) is 1. The number of benzene rings is 1. The van der Waals surface area contributed by atoms with Gasteiger partial charge in [0.05, 0.1) is 5.56 Å². The number of halogens is 4. The van der Waals surface area contributed by atoms with Gasteiger partial charge in [0.2, 0.25) is 0 Å². The molecule has 7 heteroatoms. The van der Waals surface area contributed by atoms with Gasteiger partial charge in [0.15, 0.2) is 0 Å². The van der Waals surface area contributed by atoms with Crippen LogP contribution in [0.4, 0.5) is 13.2 Å². The van der Waals surface area contributed by atoms with Crippen molar-refractivity contribution < 1.29 is 18.3 Å². The molecule has 0 aliphatic carbocycles. The van der Waals surface area contributed by atoms with Crippen LogP contribution in [0.5, 0.6) is 5.75 Å². The molecule has 0 aromatic heterocycles. The average molecular weight is 309 g/mol. The molecule has 0 spiro atoms. The van der Waals surface area contributed by atoms with E-state index in [-0.39, 0.29) is 17.0 Å². The highest BCUT2D eigenvalue weighted by molar-refractivity contribution is 6.31. The molecule has 112 valence electrons. The first-order valence-corrected chi connectivity index (χ1v) is 6.61. The van der Waals surface area contributed by atoms with Gasteiger partial charge in [0, 0.05) is 23.2 Å².